The highest BCUT2D eigenvalue weighted by molar-refractivity contribution is 5.97. The summed E-state index contributed by atoms with van der Waals surface area (Å²) in [4.78, 5) is 25.9. The fourth-order valence-corrected chi connectivity index (χ4v) is 2.48. The monoisotopic (exact) mass is 290 g/mol. The van der Waals surface area contributed by atoms with E-state index in [0.717, 1.165) is 11.4 Å². The molecular weight excluding hydrogens is 268 g/mol. The second kappa shape index (κ2) is 6.61. The van der Waals surface area contributed by atoms with E-state index in [0.29, 0.717) is 25.4 Å². The SMILES string of the molecule is COc1ccc(NC(=O)C2CC(=O)N(CC(C)C)C2)cc1. The molecule has 1 saturated heterocycles. The van der Waals surface area contributed by atoms with Crippen molar-refractivity contribution in [2.75, 3.05) is 25.5 Å². The summed E-state index contributed by atoms with van der Waals surface area (Å²) in [7, 11) is 1.60. The maximum absolute atomic E-state index is 12.2. The normalized spacial score (nSPS) is 18.2. The lowest BCUT2D eigenvalue weighted by molar-refractivity contribution is -0.128. The first kappa shape index (κ1) is 15.4. The molecule has 1 unspecified atom stereocenters. The van der Waals surface area contributed by atoms with Crippen molar-refractivity contribution in [3.63, 3.8) is 0 Å². The van der Waals surface area contributed by atoms with E-state index >= 15 is 0 Å². The van der Waals surface area contributed by atoms with Crippen LogP contribution in [0.1, 0.15) is 20.3 Å². The first-order valence-corrected chi connectivity index (χ1v) is 7.22. The number of amides is 2. The van der Waals surface area contributed by atoms with Gasteiger partial charge in [-0.15, -0.1) is 0 Å². The van der Waals surface area contributed by atoms with Gasteiger partial charge in [-0.3, -0.25) is 9.59 Å². The van der Waals surface area contributed by atoms with Crippen LogP contribution < -0.4 is 10.1 Å². The van der Waals surface area contributed by atoms with Crippen molar-refractivity contribution in [2.24, 2.45) is 11.8 Å². The van der Waals surface area contributed by atoms with Crippen molar-refractivity contribution >= 4 is 17.5 Å². The first-order chi connectivity index (χ1) is 9.99. The molecule has 0 saturated carbocycles. The molecule has 1 atom stereocenters. The summed E-state index contributed by atoms with van der Waals surface area (Å²) in [6.45, 7) is 5.36. The molecule has 1 aromatic rings. The molecule has 5 heteroatoms. The predicted molar refractivity (Wildman–Crippen MR) is 81.1 cm³/mol. The van der Waals surface area contributed by atoms with Gasteiger partial charge in [0.1, 0.15) is 5.75 Å². The number of benzene rings is 1. The van der Waals surface area contributed by atoms with E-state index in [2.05, 4.69) is 19.2 Å². The Morgan fingerprint density at radius 2 is 2.05 bits per heavy atom. The Kier molecular flexibility index (Phi) is 4.83. The number of nitrogens with zero attached hydrogens (tertiary/aromatic N) is 1. The highest BCUT2D eigenvalue weighted by Gasteiger charge is 2.34. The molecule has 2 rings (SSSR count). The molecular formula is C16H22N2O3. The highest BCUT2D eigenvalue weighted by Crippen LogP contribution is 2.22. The minimum atomic E-state index is -0.265. The van der Waals surface area contributed by atoms with Crippen LogP contribution in [-0.4, -0.2) is 36.9 Å². The number of methoxy groups -OCH3 is 1. The third kappa shape index (κ3) is 3.97. The number of hydrogen-bond donors (Lipinski definition) is 1. The number of rotatable bonds is 5. The molecule has 1 heterocycles. The van der Waals surface area contributed by atoms with E-state index in [4.69, 9.17) is 4.74 Å². The van der Waals surface area contributed by atoms with Gasteiger partial charge in [0.15, 0.2) is 0 Å². The topological polar surface area (TPSA) is 58.6 Å². The molecule has 5 nitrogen and oxygen atoms in total. The Hall–Kier alpha value is -2.04. The minimum absolute atomic E-state index is 0.0681. The van der Waals surface area contributed by atoms with E-state index < -0.39 is 0 Å². The summed E-state index contributed by atoms with van der Waals surface area (Å²) in [6, 6.07) is 7.17. The summed E-state index contributed by atoms with van der Waals surface area (Å²) >= 11 is 0. The van der Waals surface area contributed by atoms with Gasteiger partial charge in [-0.2, -0.15) is 0 Å². The van der Waals surface area contributed by atoms with Gasteiger partial charge < -0.3 is 15.0 Å². The van der Waals surface area contributed by atoms with Crippen LogP contribution in [0.4, 0.5) is 5.69 Å². The van der Waals surface area contributed by atoms with Gasteiger partial charge in [0.25, 0.3) is 0 Å². The summed E-state index contributed by atoms with van der Waals surface area (Å²) in [5.41, 5.74) is 0.718. The number of carbonyl (C=O) groups is 2. The number of nitrogens with one attached hydrogen (secondary N) is 1. The van der Waals surface area contributed by atoms with Crippen LogP contribution in [0.25, 0.3) is 0 Å². The van der Waals surface area contributed by atoms with Gasteiger partial charge >= 0.3 is 0 Å². The van der Waals surface area contributed by atoms with Gasteiger partial charge in [0.2, 0.25) is 11.8 Å². The summed E-state index contributed by atoms with van der Waals surface area (Å²) in [5.74, 6) is 0.862. The van der Waals surface area contributed by atoms with E-state index in [1.807, 2.05) is 0 Å². The molecule has 0 bridgehead atoms. The summed E-state index contributed by atoms with van der Waals surface area (Å²) < 4.78 is 5.07. The maximum atomic E-state index is 12.2. The van der Waals surface area contributed by atoms with Crippen LogP contribution in [0, 0.1) is 11.8 Å². The van der Waals surface area contributed by atoms with Crippen LogP contribution in [0.15, 0.2) is 24.3 Å². The number of hydrogen-bond acceptors (Lipinski definition) is 3. The molecule has 1 N–H and O–H groups in total. The molecule has 0 aromatic heterocycles. The van der Waals surface area contributed by atoms with Crippen molar-refractivity contribution < 1.29 is 14.3 Å². The lowest BCUT2D eigenvalue weighted by Gasteiger charge is -2.18. The molecule has 0 spiro atoms. The van der Waals surface area contributed by atoms with Gasteiger partial charge in [-0.05, 0) is 30.2 Å². The second-order valence-corrected chi connectivity index (χ2v) is 5.81. The van der Waals surface area contributed by atoms with E-state index in [-0.39, 0.29) is 17.7 Å². The molecule has 114 valence electrons. The van der Waals surface area contributed by atoms with Gasteiger partial charge in [-0.1, -0.05) is 13.8 Å². The number of likely N-dealkylation sites (tertiary alicyclic amines) is 1. The second-order valence-electron chi connectivity index (χ2n) is 5.81. The maximum Gasteiger partial charge on any atom is 0.229 e. The quantitative estimate of drug-likeness (QED) is 0.904. The van der Waals surface area contributed by atoms with Crippen LogP contribution in [0.2, 0.25) is 0 Å². The zero-order valence-corrected chi connectivity index (χ0v) is 12.8. The predicted octanol–water partition coefficient (Wildman–Crippen LogP) is 2.14. The van der Waals surface area contributed by atoms with Gasteiger partial charge in [0, 0.05) is 25.2 Å². The first-order valence-electron chi connectivity index (χ1n) is 7.22. The minimum Gasteiger partial charge on any atom is -0.497 e. The highest BCUT2D eigenvalue weighted by atomic mass is 16.5. The zero-order valence-electron chi connectivity index (χ0n) is 12.8. The summed E-state index contributed by atoms with van der Waals surface area (Å²) in [5, 5.41) is 2.86. The molecule has 2 amide bonds. The van der Waals surface area contributed by atoms with Crippen molar-refractivity contribution in [3.8, 4) is 5.75 Å². The molecule has 1 fully saturated rings. The largest absolute Gasteiger partial charge is 0.497 e. The van der Waals surface area contributed by atoms with Crippen molar-refractivity contribution in [2.45, 2.75) is 20.3 Å². The average molecular weight is 290 g/mol. The van der Waals surface area contributed by atoms with Crippen LogP contribution in [0.5, 0.6) is 5.75 Å². The summed E-state index contributed by atoms with van der Waals surface area (Å²) in [6.07, 6.45) is 0.300. The third-order valence-electron chi connectivity index (χ3n) is 3.53. The number of anilines is 1. The van der Waals surface area contributed by atoms with E-state index in [1.165, 1.54) is 0 Å². The van der Waals surface area contributed by atoms with E-state index in [9.17, 15) is 9.59 Å². The van der Waals surface area contributed by atoms with Crippen LogP contribution in [0.3, 0.4) is 0 Å². The van der Waals surface area contributed by atoms with Gasteiger partial charge in [-0.25, -0.2) is 0 Å². The molecule has 1 aliphatic rings. The third-order valence-corrected chi connectivity index (χ3v) is 3.53. The van der Waals surface area contributed by atoms with Crippen LogP contribution in [-0.2, 0) is 9.59 Å². The fourth-order valence-electron chi connectivity index (χ4n) is 2.48. The van der Waals surface area contributed by atoms with E-state index in [1.54, 1.807) is 36.3 Å². The zero-order chi connectivity index (χ0) is 15.4. The smallest absolute Gasteiger partial charge is 0.229 e. The van der Waals surface area contributed by atoms with Crippen molar-refractivity contribution in [1.29, 1.82) is 0 Å². The average Bonchev–Trinajstić information content (AvgIpc) is 2.80. The Balaban J connectivity index is 1.93. The number of carbonyl (C=O) groups excluding carboxylic acids is 2. The van der Waals surface area contributed by atoms with Crippen LogP contribution >= 0.6 is 0 Å². The standard InChI is InChI=1S/C16H22N2O3/c1-11(2)9-18-10-12(8-15(18)19)16(20)17-13-4-6-14(21-3)7-5-13/h4-7,11-12H,8-10H2,1-3H3,(H,17,20). The molecule has 1 aromatic carbocycles. The fraction of sp³-hybridized carbons (Fsp3) is 0.500. The molecule has 0 radical (unpaired) electrons. The molecule has 21 heavy (non-hydrogen) atoms. The Labute approximate surface area is 125 Å². The Bertz CT molecular complexity index is 511. The van der Waals surface area contributed by atoms with Crippen molar-refractivity contribution in [3.05, 3.63) is 24.3 Å². The lowest BCUT2D eigenvalue weighted by atomic mass is 10.1. The van der Waals surface area contributed by atoms with Crippen molar-refractivity contribution in [1.82, 2.24) is 4.90 Å². The Morgan fingerprint density at radius 1 is 1.38 bits per heavy atom. The molecule has 0 aliphatic carbocycles. The molecule has 1 aliphatic heterocycles. The lowest BCUT2D eigenvalue weighted by Crippen LogP contribution is -2.31. The number of ether oxygens (including phenoxy) is 1. The van der Waals surface area contributed by atoms with Gasteiger partial charge in [0.05, 0.1) is 13.0 Å². The Morgan fingerprint density at radius 3 is 2.62 bits per heavy atom.